The molecule has 0 spiro atoms. The van der Waals surface area contributed by atoms with E-state index < -0.39 is 11.7 Å². The smallest absolute Gasteiger partial charge is 0.362 e. The van der Waals surface area contributed by atoms with Gasteiger partial charge in [0, 0.05) is 32.9 Å². The second-order valence-corrected chi connectivity index (χ2v) is 4.85. The van der Waals surface area contributed by atoms with Crippen molar-refractivity contribution in [2.24, 2.45) is 5.73 Å². The Hall–Kier alpha value is -1.76. The van der Waals surface area contributed by atoms with Gasteiger partial charge in [0.2, 0.25) is 5.91 Å². The summed E-state index contributed by atoms with van der Waals surface area (Å²) < 4.78 is 38.2. The van der Waals surface area contributed by atoms with Crippen LogP contribution in [0.25, 0.3) is 0 Å². The lowest BCUT2D eigenvalue weighted by Gasteiger charge is -2.27. The van der Waals surface area contributed by atoms with Crippen molar-refractivity contribution >= 4 is 11.6 Å². The minimum atomic E-state index is -4.40. The molecule has 118 valence electrons. The molecule has 0 saturated carbocycles. The fourth-order valence-electron chi connectivity index (χ4n) is 1.91. The number of likely N-dealkylation sites (N-methyl/N-ethyl adjacent to an activating group) is 2. The van der Waals surface area contributed by atoms with E-state index in [0.29, 0.717) is 17.8 Å². The Bertz CT molecular complexity index is 501. The van der Waals surface area contributed by atoms with Crippen molar-refractivity contribution in [2.75, 3.05) is 32.1 Å². The van der Waals surface area contributed by atoms with Gasteiger partial charge in [-0.1, -0.05) is 0 Å². The molecule has 1 amide bonds. The van der Waals surface area contributed by atoms with Crippen LogP contribution in [0.4, 0.5) is 18.9 Å². The zero-order valence-electron chi connectivity index (χ0n) is 12.4. The van der Waals surface area contributed by atoms with Crippen molar-refractivity contribution in [3.8, 4) is 0 Å². The molecule has 1 rings (SSSR count). The molecule has 0 aromatic heterocycles. The lowest BCUT2D eigenvalue weighted by Crippen LogP contribution is -2.37. The lowest BCUT2D eigenvalue weighted by atomic mass is 10.1. The number of amides is 1. The van der Waals surface area contributed by atoms with Crippen molar-refractivity contribution in [1.82, 2.24) is 4.90 Å². The summed E-state index contributed by atoms with van der Waals surface area (Å²) in [6, 6.07) is 3.42. The summed E-state index contributed by atoms with van der Waals surface area (Å²) in [7, 11) is 3.26. The molecule has 21 heavy (non-hydrogen) atoms. The van der Waals surface area contributed by atoms with Crippen LogP contribution in [0, 0.1) is 0 Å². The summed E-state index contributed by atoms with van der Waals surface area (Å²) in [5.74, 6) is -0.125. The molecular weight excluding hydrogens is 283 g/mol. The number of alkyl halides is 3. The first-order chi connectivity index (χ1) is 9.70. The molecule has 0 atom stereocenters. The highest BCUT2D eigenvalue weighted by molar-refractivity contribution is 5.81. The molecule has 0 saturated heterocycles. The summed E-state index contributed by atoms with van der Waals surface area (Å²) >= 11 is 0. The largest absolute Gasteiger partial charge is 0.416 e. The van der Waals surface area contributed by atoms with Gasteiger partial charge >= 0.3 is 6.18 Å². The Morgan fingerprint density at radius 3 is 2.33 bits per heavy atom. The average Bonchev–Trinajstić information content (AvgIpc) is 2.42. The molecule has 2 N–H and O–H groups in total. The summed E-state index contributed by atoms with van der Waals surface area (Å²) in [5.41, 5.74) is 5.75. The predicted octanol–water partition coefficient (Wildman–Crippen LogP) is 2.08. The van der Waals surface area contributed by atoms with E-state index in [1.165, 1.54) is 11.0 Å². The summed E-state index contributed by atoms with van der Waals surface area (Å²) in [6.07, 6.45) is -4.40. The summed E-state index contributed by atoms with van der Waals surface area (Å²) in [4.78, 5) is 14.9. The van der Waals surface area contributed by atoms with Crippen molar-refractivity contribution in [2.45, 2.75) is 19.6 Å². The van der Waals surface area contributed by atoms with Crippen LogP contribution < -0.4 is 10.6 Å². The van der Waals surface area contributed by atoms with E-state index >= 15 is 0 Å². The molecule has 0 bridgehead atoms. The maximum absolute atomic E-state index is 12.7. The van der Waals surface area contributed by atoms with Crippen LogP contribution in [0.3, 0.4) is 0 Å². The number of carbonyl (C=O) groups is 1. The number of carbonyl (C=O) groups excluding carboxylic acids is 1. The number of nitrogens with two attached hydrogens (primary N) is 1. The standard InChI is InChI=1S/C14H20F3N3O/c1-4-20(9-13(21)19(2)3)12-6-5-11(14(15,16)17)7-10(12)8-18/h5-7H,4,8-9,18H2,1-3H3. The highest BCUT2D eigenvalue weighted by atomic mass is 19.4. The maximum Gasteiger partial charge on any atom is 0.416 e. The SMILES string of the molecule is CCN(CC(=O)N(C)C)c1ccc(C(F)(F)F)cc1CN. The Labute approximate surface area is 122 Å². The van der Waals surface area contributed by atoms with E-state index in [-0.39, 0.29) is 19.0 Å². The van der Waals surface area contributed by atoms with E-state index in [2.05, 4.69) is 0 Å². The number of halogens is 3. The van der Waals surface area contributed by atoms with Crippen molar-refractivity contribution in [3.05, 3.63) is 29.3 Å². The van der Waals surface area contributed by atoms with Crippen LogP contribution in [0.5, 0.6) is 0 Å². The number of benzene rings is 1. The first-order valence-corrected chi connectivity index (χ1v) is 6.56. The molecule has 0 radical (unpaired) electrons. The first kappa shape index (κ1) is 17.3. The van der Waals surface area contributed by atoms with Gasteiger partial charge in [0.05, 0.1) is 12.1 Å². The Balaban J connectivity index is 3.12. The molecular formula is C14H20F3N3O. The molecule has 0 heterocycles. The third-order valence-electron chi connectivity index (χ3n) is 3.17. The van der Waals surface area contributed by atoms with Crippen LogP contribution in [-0.4, -0.2) is 38.0 Å². The molecule has 0 fully saturated rings. The minimum Gasteiger partial charge on any atom is -0.362 e. The molecule has 0 aliphatic heterocycles. The molecule has 0 aliphatic rings. The van der Waals surface area contributed by atoms with Crippen LogP contribution in [-0.2, 0) is 17.5 Å². The summed E-state index contributed by atoms with van der Waals surface area (Å²) in [6.45, 7) is 2.41. The second kappa shape index (κ2) is 6.80. The van der Waals surface area contributed by atoms with Gasteiger partial charge in [0.15, 0.2) is 0 Å². The van der Waals surface area contributed by atoms with Crippen molar-refractivity contribution < 1.29 is 18.0 Å². The number of hydrogen-bond acceptors (Lipinski definition) is 3. The summed E-state index contributed by atoms with van der Waals surface area (Å²) in [5, 5.41) is 0. The molecule has 7 heteroatoms. The third-order valence-corrected chi connectivity index (χ3v) is 3.17. The van der Waals surface area contributed by atoms with Crippen LogP contribution in [0.15, 0.2) is 18.2 Å². The Morgan fingerprint density at radius 1 is 1.29 bits per heavy atom. The van der Waals surface area contributed by atoms with Gasteiger partial charge < -0.3 is 15.5 Å². The molecule has 0 unspecified atom stereocenters. The van der Waals surface area contributed by atoms with Gasteiger partial charge in [-0.05, 0) is 30.7 Å². The maximum atomic E-state index is 12.7. The number of hydrogen-bond donors (Lipinski definition) is 1. The predicted molar refractivity (Wildman–Crippen MR) is 75.9 cm³/mol. The molecule has 4 nitrogen and oxygen atoms in total. The van der Waals surface area contributed by atoms with E-state index in [4.69, 9.17) is 5.73 Å². The molecule has 0 aliphatic carbocycles. The number of anilines is 1. The normalized spacial score (nSPS) is 11.4. The zero-order valence-corrected chi connectivity index (χ0v) is 12.4. The quantitative estimate of drug-likeness (QED) is 0.906. The minimum absolute atomic E-state index is 0.0219. The van der Waals surface area contributed by atoms with E-state index in [0.717, 1.165) is 12.1 Å². The topological polar surface area (TPSA) is 49.6 Å². The van der Waals surface area contributed by atoms with Gasteiger partial charge in [-0.2, -0.15) is 13.2 Å². The van der Waals surface area contributed by atoms with Gasteiger partial charge in [0.1, 0.15) is 0 Å². The van der Waals surface area contributed by atoms with Gasteiger partial charge in [-0.25, -0.2) is 0 Å². The first-order valence-electron chi connectivity index (χ1n) is 6.56. The number of nitrogens with zero attached hydrogens (tertiary/aromatic N) is 2. The van der Waals surface area contributed by atoms with Crippen LogP contribution >= 0.6 is 0 Å². The van der Waals surface area contributed by atoms with Crippen molar-refractivity contribution in [1.29, 1.82) is 0 Å². The fraction of sp³-hybridized carbons (Fsp3) is 0.500. The number of rotatable bonds is 5. The van der Waals surface area contributed by atoms with E-state index in [9.17, 15) is 18.0 Å². The monoisotopic (exact) mass is 303 g/mol. The van der Waals surface area contributed by atoms with Crippen LogP contribution in [0.2, 0.25) is 0 Å². The second-order valence-electron chi connectivity index (χ2n) is 4.85. The van der Waals surface area contributed by atoms with Gasteiger partial charge in [-0.3, -0.25) is 4.79 Å². The van der Waals surface area contributed by atoms with Crippen molar-refractivity contribution in [3.63, 3.8) is 0 Å². The van der Waals surface area contributed by atoms with Crippen LogP contribution in [0.1, 0.15) is 18.1 Å². The molecule has 1 aromatic carbocycles. The Kier molecular flexibility index (Phi) is 5.60. The molecule has 1 aromatic rings. The van der Waals surface area contributed by atoms with E-state index in [1.54, 1.807) is 19.0 Å². The van der Waals surface area contributed by atoms with E-state index in [1.807, 2.05) is 6.92 Å². The Morgan fingerprint density at radius 2 is 1.90 bits per heavy atom. The zero-order chi connectivity index (χ0) is 16.2. The average molecular weight is 303 g/mol. The highest BCUT2D eigenvalue weighted by Gasteiger charge is 2.31. The van der Waals surface area contributed by atoms with Gasteiger partial charge in [-0.15, -0.1) is 0 Å². The lowest BCUT2D eigenvalue weighted by molar-refractivity contribution is -0.137. The third kappa shape index (κ3) is 4.35. The van der Waals surface area contributed by atoms with Gasteiger partial charge in [0.25, 0.3) is 0 Å². The highest BCUT2D eigenvalue weighted by Crippen LogP contribution is 2.32. The fourth-order valence-corrected chi connectivity index (χ4v) is 1.91.